The van der Waals surface area contributed by atoms with Crippen molar-refractivity contribution < 1.29 is 19.8 Å². The van der Waals surface area contributed by atoms with Gasteiger partial charge in [-0.05, 0) is 23.2 Å². The van der Waals surface area contributed by atoms with E-state index in [1.54, 1.807) is 0 Å². The van der Waals surface area contributed by atoms with Gasteiger partial charge in [-0.15, -0.1) is 0 Å². The molecule has 1 aliphatic rings. The lowest BCUT2D eigenvalue weighted by atomic mass is 10.0. The van der Waals surface area contributed by atoms with E-state index >= 15 is 0 Å². The second-order valence-electron chi connectivity index (χ2n) is 4.36. The van der Waals surface area contributed by atoms with Gasteiger partial charge in [-0.25, -0.2) is 4.90 Å². The zero-order chi connectivity index (χ0) is 15.4. The molecule has 2 N–H and O–H groups in total. The zero-order valence-corrected chi connectivity index (χ0v) is 10.8. The molecule has 1 aromatic carbocycles. The number of azide groups is 1. The molecular weight excluding hydrogens is 276 g/mol. The van der Waals surface area contributed by atoms with Gasteiger partial charge in [-0.1, -0.05) is 17.2 Å². The molecule has 0 aromatic heterocycles. The topological polar surface area (TPSA) is 127 Å². The van der Waals surface area contributed by atoms with Crippen LogP contribution in [-0.2, 0) is 9.59 Å². The number of anilines is 1. The van der Waals surface area contributed by atoms with Gasteiger partial charge in [0.2, 0.25) is 0 Å². The fourth-order valence-corrected chi connectivity index (χ4v) is 1.92. The van der Waals surface area contributed by atoms with Crippen LogP contribution in [0.3, 0.4) is 0 Å². The van der Waals surface area contributed by atoms with Crippen LogP contribution in [0.2, 0.25) is 0 Å². The maximum Gasteiger partial charge on any atom is 0.258 e. The Bertz CT molecular complexity index is 616. The number of imide groups is 1. The SMILES string of the molecule is [N-]=[N+]=NCC(O)C(O)c1ccc(N2C(=O)C=CC2=O)cc1. The summed E-state index contributed by atoms with van der Waals surface area (Å²) >= 11 is 0. The molecule has 2 amide bonds. The summed E-state index contributed by atoms with van der Waals surface area (Å²) in [5.41, 5.74) is 8.92. The average molecular weight is 288 g/mol. The second-order valence-corrected chi connectivity index (χ2v) is 4.36. The molecule has 21 heavy (non-hydrogen) atoms. The van der Waals surface area contributed by atoms with Crippen LogP contribution in [0.4, 0.5) is 5.69 Å². The van der Waals surface area contributed by atoms with Crippen molar-refractivity contribution in [2.75, 3.05) is 11.4 Å². The lowest BCUT2D eigenvalue weighted by molar-refractivity contribution is -0.119. The molecule has 1 heterocycles. The number of hydrogen-bond acceptors (Lipinski definition) is 5. The summed E-state index contributed by atoms with van der Waals surface area (Å²) < 4.78 is 0. The van der Waals surface area contributed by atoms with Crippen molar-refractivity contribution in [3.05, 3.63) is 52.4 Å². The van der Waals surface area contributed by atoms with E-state index in [0.717, 1.165) is 4.90 Å². The lowest BCUT2D eigenvalue weighted by Crippen LogP contribution is -2.29. The molecule has 0 radical (unpaired) electrons. The highest BCUT2D eigenvalue weighted by Crippen LogP contribution is 2.23. The van der Waals surface area contributed by atoms with E-state index < -0.39 is 24.0 Å². The molecule has 0 saturated carbocycles. The molecule has 1 aliphatic heterocycles. The Labute approximate surface area is 119 Å². The van der Waals surface area contributed by atoms with Crippen LogP contribution in [-0.4, -0.2) is 34.7 Å². The summed E-state index contributed by atoms with van der Waals surface area (Å²) in [7, 11) is 0. The number of aliphatic hydroxyl groups is 2. The summed E-state index contributed by atoms with van der Waals surface area (Å²) in [6.45, 7) is -0.258. The number of rotatable bonds is 5. The number of nitrogens with zero attached hydrogens (tertiary/aromatic N) is 4. The van der Waals surface area contributed by atoms with Crippen molar-refractivity contribution in [1.29, 1.82) is 0 Å². The van der Waals surface area contributed by atoms with Gasteiger partial charge in [0, 0.05) is 17.1 Å². The van der Waals surface area contributed by atoms with Crippen molar-refractivity contribution in [2.24, 2.45) is 5.11 Å². The molecular formula is C13H12N4O4. The van der Waals surface area contributed by atoms with Crippen LogP contribution >= 0.6 is 0 Å². The Morgan fingerprint density at radius 2 is 1.71 bits per heavy atom. The maximum atomic E-state index is 11.5. The first kappa shape index (κ1) is 14.7. The van der Waals surface area contributed by atoms with Gasteiger partial charge in [0.25, 0.3) is 11.8 Å². The molecule has 2 unspecified atom stereocenters. The van der Waals surface area contributed by atoms with E-state index in [4.69, 9.17) is 5.53 Å². The maximum absolute atomic E-state index is 11.5. The smallest absolute Gasteiger partial charge is 0.258 e. The minimum absolute atomic E-state index is 0.258. The van der Waals surface area contributed by atoms with Crippen LogP contribution < -0.4 is 4.90 Å². The first-order valence-electron chi connectivity index (χ1n) is 6.07. The average Bonchev–Trinajstić information content (AvgIpc) is 2.83. The molecule has 0 fully saturated rings. The Kier molecular flexibility index (Phi) is 4.34. The molecule has 1 aromatic rings. The highest BCUT2D eigenvalue weighted by atomic mass is 16.3. The third-order valence-electron chi connectivity index (χ3n) is 3.00. The predicted molar refractivity (Wildman–Crippen MR) is 73.1 cm³/mol. The lowest BCUT2D eigenvalue weighted by Gasteiger charge is -2.18. The molecule has 8 heteroatoms. The van der Waals surface area contributed by atoms with Crippen molar-refractivity contribution in [2.45, 2.75) is 12.2 Å². The predicted octanol–water partition coefficient (Wildman–Crippen LogP) is 0.821. The Morgan fingerprint density at radius 3 is 2.24 bits per heavy atom. The second kappa shape index (κ2) is 6.19. The number of hydrogen-bond donors (Lipinski definition) is 2. The van der Waals surface area contributed by atoms with Crippen LogP contribution in [0.1, 0.15) is 11.7 Å². The number of benzene rings is 1. The first-order chi connectivity index (χ1) is 10.0. The van der Waals surface area contributed by atoms with Gasteiger partial charge < -0.3 is 10.2 Å². The normalized spacial score (nSPS) is 16.8. The first-order valence-corrected chi connectivity index (χ1v) is 6.07. The summed E-state index contributed by atoms with van der Waals surface area (Å²) in [5.74, 6) is -0.867. The molecule has 2 rings (SSSR count). The molecule has 8 nitrogen and oxygen atoms in total. The van der Waals surface area contributed by atoms with Crippen molar-refractivity contribution in [3.8, 4) is 0 Å². The van der Waals surface area contributed by atoms with Crippen LogP contribution in [0.15, 0.2) is 41.5 Å². The van der Waals surface area contributed by atoms with E-state index in [1.807, 2.05) is 0 Å². The van der Waals surface area contributed by atoms with E-state index in [0.29, 0.717) is 11.3 Å². The zero-order valence-electron chi connectivity index (χ0n) is 10.8. The van der Waals surface area contributed by atoms with Crippen molar-refractivity contribution in [3.63, 3.8) is 0 Å². The van der Waals surface area contributed by atoms with Gasteiger partial charge in [0.05, 0.1) is 18.3 Å². The minimum Gasteiger partial charge on any atom is -0.390 e. The van der Waals surface area contributed by atoms with Gasteiger partial charge in [0.15, 0.2) is 0 Å². The molecule has 2 atom stereocenters. The standard InChI is InChI=1S/C13H12N4O4/c14-16-15-7-10(18)13(21)8-1-3-9(4-2-8)17-11(19)5-6-12(17)20/h1-6,10,13,18,21H,7H2. The number of aliphatic hydroxyl groups excluding tert-OH is 2. The van der Waals surface area contributed by atoms with Crippen LogP contribution in [0.25, 0.3) is 10.4 Å². The Morgan fingerprint density at radius 1 is 1.14 bits per heavy atom. The fraction of sp³-hybridized carbons (Fsp3) is 0.231. The quantitative estimate of drug-likeness (QED) is 0.360. The molecule has 0 aliphatic carbocycles. The Hall–Kier alpha value is -2.67. The van der Waals surface area contributed by atoms with Gasteiger partial charge >= 0.3 is 0 Å². The van der Waals surface area contributed by atoms with Gasteiger partial charge in [0.1, 0.15) is 6.10 Å². The highest BCUT2D eigenvalue weighted by Gasteiger charge is 2.25. The van der Waals surface area contributed by atoms with E-state index in [2.05, 4.69) is 10.0 Å². The number of carbonyl (C=O) groups excluding carboxylic acids is 2. The summed E-state index contributed by atoms with van der Waals surface area (Å²) in [6, 6.07) is 5.94. The number of carbonyl (C=O) groups is 2. The van der Waals surface area contributed by atoms with Gasteiger partial charge in [-0.3, -0.25) is 9.59 Å². The minimum atomic E-state index is -1.23. The molecule has 0 spiro atoms. The molecule has 108 valence electrons. The fourth-order valence-electron chi connectivity index (χ4n) is 1.92. The largest absolute Gasteiger partial charge is 0.390 e. The van der Waals surface area contributed by atoms with Gasteiger partial charge in [-0.2, -0.15) is 0 Å². The van der Waals surface area contributed by atoms with E-state index in [9.17, 15) is 19.8 Å². The monoisotopic (exact) mass is 288 g/mol. The van der Waals surface area contributed by atoms with Crippen molar-refractivity contribution >= 4 is 17.5 Å². The van der Waals surface area contributed by atoms with E-state index in [1.165, 1.54) is 36.4 Å². The third-order valence-corrected chi connectivity index (χ3v) is 3.00. The highest BCUT2D eigenvalue weighted by molar-refractivity contribution is 6.28. The number of amides is 2. The molecule has 0 saturated heterocycles. The summed E-state index contributed by atoms with van der Waals surface area (Å²) in [6.07, 6.45) is -0.111. The summed E-state index contributed by atoms with van der Waals surface area (Å²) in [4.78, 5) is 26.5. The van der Waals surface area contributed by atoms with Crippen LogP contribution in [0.5, 0.6) is 0 Å². The van der Waals surface area contributed by atoms with Crippen molar-refractivity contribution in [1.82, 2.24) is 0 Å². The molecule has 0 bridgehead atoms. The van der Waals surface area contributed by atoms with Crippen LogP contribution in [0, 0.1) is 0 Å². The Balaban J connectivity index is 2.13. The third kappa shape index (κ3) is 3.09. The summed E-state index contributed by atoms with van der Waals surface area (Å²) in [5, 5.41) is 22.7. The van der Waals surface area contributed by atoms with E-state index in [-0.39, 0.29) is 6.54 Å².